The van der Waals surface area contributed by atoms with Crippen LogP contribution in [-0.2, 0) is 71.6 Å². The molecule has 0 aliphatic rings. The van der Waals surface area contributed by atoms with Crippen LogP contribution in [0.4, 0.5) is 4.79 Å². The molecule has 0 heterocycles. The highest BCUT2D eigenvalue weighted by molar-refractivity contribution is 5.81. The van der Waals surface area contributed by atoms with Crippen LogP contribution in [0.15, 0.2) is 0 Å². The summed E-state index contributed by atoms with van der Waals surface area (Å²) in [6.45, 7) is 8.44. The van der Waals surface area contributed by atoms with Crippen LogP contribution in [0.1, 0.15) is 594 Å². The number of nitrogens with zero attached hydrogens (tertiary/aromatic N) is 3. The average molecular weight is 2060 g/mol. The van der Waals surface area contributed by atoms with Gasteiger partial charge < -0.3 is 54.0 Å². The Bertz CT molecular complexity index is 2660. The van der Waals surface area contributed by atoms with Gasteiger partial charge in [0, 0.05) is 26.2 Å². The fourth-order valence-electron chi connectivity index (χ4n) is 20.2. The van der Waals surface area contributed by atoms with Gasteiger partial charge in [-0.05, 0) is 51.4 Å². The molecule has 0 radical (unpaired) electrons. The molecule has 0 fully saturated rings. The molecule has 5 N–H and O–H groups in total. The van der Waals surface area contributed by atoms with Crippen molar-refractivity contribution in [2.75, 3.05) is 92.0 Å². The molecule has 24 heteroatoms. The molecule has 0 saturated carbocycles. The fourth-order valence-corrected chi connectivity index (χ4v) is 20.2. The molecule has 145 heavy (non-hydrogen) atoms. The van der Waals surface area contributed by atoms with Crippen LogP contribution in [-0.4, -0.2) is 198 Å². The molecule has 0 bridgehead atoms. The van der Waals surface area contributed by atoms with Crippen molar-refractivity contribution in [2.45, 2.75) is 600 Å². The molecule has 24 nitrogen and oxygen atoms in total. The first kappa shape index (κ1) is 139. The lowest BCUT2D eigenvalue weighted by molar-refractivity contribution is -0.172. The highest BCUT2D eigenvalue weighted by Gasteiger charge is 2.41. The number of unbranched alkanes of at least 4 members (excludes halogenated alkanes) is 72. The number of esters is 4. The molecule has 0 aromatic heterocycles. The number of hydrogen-bond donors (Lipinski definition) is 5. The maximum atomic E-state index is 15.4. The van der Waals surface area contributed by atoms with E-state index in [2.05, 4.69) is 41.5 Å². The summed E-state index contributed by atoms with van der Waals surface area (Å²) in [5, 5.41) is 48.3. The monoisotopic (exact) mass is 2060 g/mol. The summed E-state index contributed by atoms with van der Waals surface area (Å²) < 4.78 is 37.7. The third-order valence-corrected chi connectivity index (χ3v) is 29.7. The molecule has 1 atom stereocenters. The summed E-state index contributed by atoms with van der Waals surface area (Å²) in [5.74, 6) is -9.73. The summed E-state index contributed by atoms with van der Waals surface area (Å²) in [6.07, 6.45) is 94.3. The standard InChI is InChI=1S/C121H227N3O21/c1-7-13-19-25-31-37-43-49-55-62-70-78-86-107(87-79-71-63-56-50-44-38-32-26-20-14-8-2)117(136)142-103-121(104-143-118(137)108(88-80-72-64-57-51-45-39-33-27-21-15-9-3)89-81-73-65-58-52-46-40-34-28-22-16-10-4,105-144-119(138)109(90-82-74-66-59-53-47-41-35-29-23-17-11-5)91-83-75-67-60-54-48-42-36-30-24-18-12-6)106-145-120(139)141-97-85-77-69-61-68-76-84-96-140-115(133)98-110(116(134)135)124(94-92-122(99-111(125)126)100-112(127)128)95-93-123(101-113(129)130)102-114(131)132/h107-110H,7-106H2,1-6H3,(H,125,126)(H,127,128)(H,129,130)(H,131,132)(H,134,135). The summed E-state index contributed by atoms with van der Waals surface area (Å²) in [5.41, 5.74) is -1.50. The SMILES string of the molecule is CCCCCCCCCCCCCCC(CCCCCCCCCCCCCC)C(=O)OCC(COC(=O)OCCCCCCCCCOC(=O)CC(C(=O)O)N(CCN(CC(=O)O)CC(=O)O)CCN(CC(=O)O)CC(=O)O)(COC(=O)C(CCCCCCCCCCCCCC)CCCCCCCCCCCCCC)COC(=O)C(CCCCCCCCCCCCCC)CCCCCCCCCCCCCC. The van der Waals surface area contributed by atoms with E-state index in [9.17, 15) is 59.1 Å². The topological polar surface area (TPSA) is 337 Å². The van der Waals surface area contributed by atoms with E-state index < -0.39 is 92.6 Å². The second-order valence-electron chi connectivity index (χ2n) is 43.7. The van der Waals surface area contributed by atoms with E-state index >= 15 is 14.4 Å². The molecule has 852 valence electrons. The van der Waals surface area contributed by atoms with Gasteiger partial charge in [-0.2, -0.15) is 0 Å². The van der Waals surface area contributed by atoms with E-state index in [4.69, 9.17) is 28.4 Å². The van der Waals surface area contributed by atoms with Crippen LogP contribution < -0.4 is 0 Å². The number of carbonyl (C=O) groups is 10. The molecule has 0 saturated heterocycles. The summed E-state index contributed by atoms with van der Waals surface area (Å²) in [7, 11) is 0. The van der Waals surface area contributed by atoms with Crippen molar-refractivity contribution in [3.05, 3.63) is 0 Å². The van der Waals surface area contributed by atoms with Gasteiger partial charge >= 0.3 is 59.9 Å². The highest BCUT2D eigenvalue weighted by atomic mass is 16.7. The number of hydrogen-bond acceptors (Lipinski definition) is 19. The molecular formula is C121H227N3O21. The van der Waals surface area contributed by atoms with Crippen LogP contribution >= 0.6 is 0 Å². The third-order valence-electron chi connectivity index (χ3n) is 29.7. The predicted molar refractivity (Wildman–Crippen MR) is 592 cm³/mol. The van der Waals surface area contributed by atoms with Gasteiger partial charge in [0.15, 0.2) is 0 Å². The lowest BCUT2D eigenvalue weighted by atomic mass is 9.90. The Hall–Kier alpha value is -5.62. The Kier molecular flexibility index (Phi) is 101. The first-order valence-electron chi connectivity index (χ1n) is 61.3. The number of carboxylic acids is 5. The molecule has 0 spiro atoms. The Morgan fingerprint density at radius 2 is 0.393 bits per heavy atom. The Morgan fingerprint density at radius 1 is 0.214 bits per heavy atom. The second kappa shape index (κ2) is 105. The van der Waals surface area contributed by atoms with E-state index in [1.165, 1.54) is 352 Å². The van der Waals surface area contributed by atoms with Gasteiger partial charge in [-0.15, -0.1) is 0 Å². The van der Waals surface area contributed by atoms with Crippen molar-refractivity contribution in [2.24, 2.45) is 23.2 Å². The third kappa shape index (κ3) is 93.0. The number of carbonyl (C=O) groups excluding carboxylic acids is 5. The van der Waals surface area contributed by atoms with E-state index in [-0.39, 0.29) is 94.9 Å². The van der Waals surface area contributed by atoms with Crippen LogP contribution in [0.5, 0.6) is 0 Å². The van der Waals surface area contributed by atoms with Crippen LogP contribution in [0.3, 0.4) is 0 Å². The van der Waals surface area contributed by atoms with Crippen molar-refractivity contribution >= 4 is 59.9 Å². The van der Waals surface area contributed by atoms with Gasteiger partial charge in [0.05, 0.1) is 63.6 Å². The minimum absolute atomic E-state index is 0.0235. The zero-order chi connectivity index (χ0) is 106. The van der Waals surface area contributed by atoms with Crippen LogP contribution in [0.25, 0.3) is 0 Å². The van der Waals surface area contributed by atoms with Crippen molar-refractivity contribution in [3.63, 3.8) is 0 Å². The van der Waals surface area contributed by atoms with Crippen molar-refractivity contribution < 1.29 is 102 Å². The predicted octanol–water partition coefficient (Wildman–Crippen LogP) is 32.5. The second-order valence-corrected chi connectivity index (χ2v) is 43.7. The first-order valence-corrected chi connectivity index (χ1v) is 61.3. The van der Waals surface area contributed by atoms with E-state index in [1.54, 1.807) is 0 Å². The molecule has 0 aliphatic carbocycles. The maximum absolute atomic E-state index is 15.4. The lowest BCUT2D eigenvalue weighted by Crippen LogP contribution is -2.50. The minimum atomic E-state index is -1.58. The van der Waals surface area contributed by atoms with Crippen LogP contribution in [0, 0.1) is 23.2 Å². The summed E-state index contributed by atoms with van der Waals surface area (Å²) in [6, 6.07) is -1.58. The quantitative estimate of drug-likeness (QED) is 0.0214. The fraction of sp³-hybridized carbons (Fsp3) is 0.917. The number of rotatable bonds is 117. The first-order chi connectivity index (χ1) is 70.6. The van der Waals surface area contributed by atoms with Gasteiger partial charge in [-0.3, -0.25) is 57.9 Å². The maximum Gasteiger partial charge on any atom is 0.508 e. The molecule has 0 aromatic carbocycles. The Labute approximate surface area is 886 Å². The van der Waals surface area contributed by atoms with Gasteiger partial charge in [0.1, 0.15) is 37.9 Å². The minimum Gasteiger partial charge on any atom is -0.480 e. The summed E-state index contributed by atoms with van der Waals surface area (Å²) in [4.78, 5) is 136. The number of aliphatic carboxylic acids is 5. The zero-order valence-electron chi connectivity index (χ0n) is 94.6. The number of carboxylic acid groups (broad SMARTS) is 5. The molecule has 0 aromatic rings. The molecule has 0 aliphatic heterocycles. The van der Waals surface area contributed by atoms with Crippen molar-refractivity contribution in [1.82, 2.24) is 14.7 Å². The van der Waals surface area contributed by atoms with Crippen molar-refractivity contribution in [1.29, 1.82) is 0 Å². The van der Waals surface area contributed by atoms with Crippen LogP contribution in [0.2, 0.25) is 0 Å². The molecular weight excluding hydrogens is 1830 g/mol. The van der Waals surface area contributed by atoms with Crippen molar-refractivity contribution in [3.8, 4) is 0 Å². The smallest absolute Gasteiger partial charge is 0.480 e. The Morgan fingerprint density at radius 3 is 0.586 bits per heavy atom. The van der Waals surface area contributed by atoms with Gasteiger partial charge in [0.2, 0.25) is 0 Å². The normalized spacial score (nSPS) is 12.0. The molecule has 1 unspecified atom stereocenters. The number of ether oxygens (including phenoxy) is 6. The average Bonchev–Trinajstić information content (AvgIpc) is 0.838. The zero-order valence-corrected chi connectivity index (χ0v) is 94.6. The summed E-state index contributed by atoms with van der Waals surface area (Å²) >= 11 is 0. The molecule has 0 amide bonds. The van der Waals surface area contributed by atoms with Gasteiger partial charge in [-0.1, -0.05) is 536 Å². The van der Waals surface area contributed by atoms with Gasteiger partial charge in [0.25, 0.3) is 0 Å². The van der Waals surface area contributed by atoms with E-state index in [0.29, 0.717) is 64.2 Å². The molecule has 0 rings (SSSR count). The Balaban J connectivity index is 7.65. The van der Waals surface area contributed by atoms with Gasteiger partial charge in [-0.25, -0.2) is 4.79 Å². The highest BCUT2D eigenvalue weighted by Crippen LogP contribution is 2.32. The largest absolute Gasteiger partial charge is 0.508 e. The van der Waals surface area contributed by atoms with E-state index in [0.717, 1.165) is 145 Å². The van der Waals surface area contributed by atoms with E-state index in [1.807, 2.05) is 0 Å². The lowest BCUT2D eigenvalue weighted by Gasteiger charge is -2.33.